The zero-order valence-corrected chi connectivity index (χ0v) is 12.1. The van der Waals surface area contributed by atoms with E-state index in [1.807, 2.05) is 38.1 Å². The van der Waals surface area contributed by atoms with Gasteiger partial charge in [0.2, 0.25) is 0 Å². The molecule has 2 rings (SSSR count). The summed E-state index contributed by atoms with van der Waals surface area (Å²) in [6.45, 7) is 6.64. The van der Waals surface area contributed by atoms with Crippen molar-refractivity contribution in [3.8, 4) is 0 Å². The number of carbonyl (C=O) groups is 1. The number of benzene rings is 1. The van der Waals surface area contributed by atoms with Gasteiger partial charge in [0, 0.05) is 6.54 Å². The molecular formula is C16H19NO3. The summed E-state index contributed by atoms with van der Waals surface area (Å²) in [6, 6.07) is 9.19. The summed E-state index contributed by atoms with van der Waals surface area (Å²) in [7, 11) is 0. The van der Waals surface area contributed by atoms with Crippen LogP contribution in [0.5, 0.6) is 0 Å². The highest BCUT2D eigenvalue weighted by atomic mass is 16.5. The maximum Gasteiger partial charge on any atom is 0.343 e. The number of ether oxygens (including phenoxy) is 1. The Labute approximate surface area is 118 Å². The number of pyridine rings is 1. The minimum atomic E-state index is -0.555. The number of carbonyl (C=O) groups excluding carboxylic acids is 1. The lowest BCUT2D eigenvalue weighted by atomic mass is 10.1. The zero-order valence-electron chi connectivity index (χ0n) is 12.1. The molecule has 0 unspecified atom stereocenters. The third-order valence-corrected chi connectivity index (χ3v) is 3.05. The van der Waals surface area contributed by atoms with Gasteiger partial charge in [-0.15, -0.1) is 0 Å². The van der Waals surface area contributed by atoms with Crippen molar-refractivity contribution in [2.45, 2.75) is 27.3 Å². The second-order valence-electron chi connectivity index (χ2n) is 5.15. The van der Waals surface area contributed by atoms with Crippen LogP contribution in [-0.2, 0) is 11.3 Å². The van der Waals surface area contributed by atoms with E-state index in [-0.39, 0.29) is 17.7 Å². The average Bonchev–Trinajstić information content (AvgIpc) is 2.41. The summed E-state index contributed by atoms with van der Waals surface area (Å²) in [4.78, 5) is 24.4. The van der Waals surface area contributed by atoms with Gasteiger partial charge in [-0.05, 0) is 30.4 Å². The summed E-state index contributed by atoms with van der Waals surface area (Å²) < 4.78 is 6.62. The molecule has 0 amide bonds. The van der Waals surface area contributed by atoms with Crippen LogP contribution in [0.2, 0.25) is 0 Å². The van der Waals surface area contributed by atoms with Crippen molar-refractivity contribution in [2.75, 3.05) is 6.61 Å². The van der Waals surface area contributed by atoms with Gasteiger partial charge in [0.15, 0.2) is 0 Å². The first-order valence-electron chi connectivity index (χ1n) is 6.84. The van der Waals surface area contributed by atoms with Crippen molar-refractivity contribution in [1.82, 2.24) is 4.57 Å². The molecule has 0 aliphatic rings. The molecule has 0 N–H and O–H groups in total. The van der Waals surface area contributed by atoms with Gasteiger partial charge < -0.3 is 9.30 Å². The molecule has 4 heteroatoms. The number of esters is 1. The quantitative estimate of drug-likeness (QED) is 0.805. The third kappa shape index (κ3) is 2.74. The highest BCUT2D eigenvalue weighted by Crippen LogP contribution is 2.15. The molecular weight excluding hydrogens is 254 g/mol. The van der Waals surface area contributed by atoms with Gasteiger partial charge in [0.25, 0.3) is 5.56 Å². The second-order valence-corrected chi connectivity index (χ2v) is 5.15. The fourth-order valence-corrected chi connectivity index (χ4v) is 2.23. The Kier molecular flexibility index (Phi) is 4.23. The first-order chi connectivity index (χ1) is 9.54. The van der Waals surface area contributed by atoms with E-state index in [2.05, 4.69) is 0 Å². The fraction of sp³-hybridized carbons (Fsp3) is 0.375. The molecule has 0 atom stereocenters. The number of hydrogen-bond donors (Lipinski definition) is 0. The number of hydrogen-bond acceptors (Lipinski definition) is 3. The molecule has 0 spiro atoms. The number of rotatable bonds is 4. The van der Waals surface area contributed by atoms with Crippen LogP contribution in [0.15, 0.2) is 35.1 Å². The van der Waals surface area contributed by atoms with E-state index < -0.39 is 5.97 Å². The average molecular weight is 273 g/mol. The minimum Gasteiger partial charge on any atom is -0.462 e. The molecule has 0 aliphatic carbocycles. The van der Waals surface area contributed by atoms with Crippen molar-refractivity contribution in [1.29, 1.82) is 0 Å². The molecule has 0 radical (unpaired) electrons. The van der Waals surface area contributed by atoms with E-state index in [1.165, 1.54) is 0 Å². The second kappa shape index (κ2) is 5.90. The number of nitrogens with zero attached hydrogens (tertiary/aromatic N) is 1. The van der Waals surface area contributed by atoms with E-state index in [0.717, 1.165) is 10.9 Å². The summed E-state index contributed by atoms with van der Waals surface area (Å²) in [5, 5.41) is 0.871. The maximum absolute atomic E-state index is 12.5. The van der Waals surface area contributed by atoms with Crippen molar-refractivity contribution < 1.29 is 9.53 Å². The highest BCUT2D eigenvalue weighted by Gasteiger charge is 2.16. The number of aromatic nitrogens is 1. The van der Waals surface area contributed by atoms with Crippen LogP contribution in [0.1, 0.15) is 31.1 Å². The molecule has 0 saturated heterocycles. The molecule has 1 aromatic carbocycles. The minimum absolute atomic E-state index is 0.103. The Morgan fingerprint density at radius 2 is 2.00 bits per heavy atom. The SMILES string of the molecule is CCOC(=O)c1cc2ccccc2n(CC(C)C)c1=O. The molecule has 4 nitrogen and oxygen atoms in total. The van der Waals surface area contributed by atoms with Crippen LogP contribution in [0.25, 0.3) is 10.9 Å². The lowest BCUT2D eigenvalue weighted by molar-refractivity contribution is 0.0523. The Morgan fingerprint density at radius 3 is 2.65 bits per heavy atom. The van der Waals surface area contributed by atoms with Gasteiger partial charge in [-0.25, -0.2) is 4.79 Å². The van der Waals surface area contributed by atoms with E-state index in [1.54, 1.807) is 17.6 Å². The van der Waals surface area contributed by atoms with E-state index in [0.29, 0.717) is 12.5 Å². The van der Waals surface area contributed by atoms with Crippen molar-refractivity contribution in [3.63, 3.8) is 0 Å². The molecule has 0 aliphatic heterocycles. The fourth-order valence-electron chi connectivity index (χ4n) is 2.23. The lowest BCUT2D eigenvalue weighted by Gasteiger charge is -2.14. The molecule has 106 valence electrons. The Bertz CT molecular complexity index is 686. The molecule has 2 aromatic rings. The number of para-hydroxylation sites is 1. The summed E-state index contributed by atoms with van der Waals surface area (Å²) in [5.74, 6) is -0.241. The molecule has 0 bridgehead atoms. The van der Waals surface area contributed by atoms with Crippen molar-refractivity contribution in [2.24, 2.45) is 5.92 Å². The smallest absolute Gasteiger partial charge is 0.343 e. The maximum atomic E-state index is 12.5. The van der Waals surface area contributed by atoms with Crippen molar-refractivity contribution >= 4 is 16.9 Å². The molecule has 1 heterocycles. The molecule has 0 fully saturated rings. The summed E-state index contributed by atoms with van der Waals surface area (Å²) in [6.07, 6.45) is 0. The van der Waals surface area contributed by atoms with E-state index >= 15 is 0 Å². The Hall–Kier alpha value is -2.10. The zero-order chi connectivity index (χ0) is 14.7. The van der Waals surface area contributed by atoms with Crippen LogP contribution >= 0.6 is 0 Å². The van der Waals surface area contributed by atoms with Crippen LogP contribution < -0.4 is 5.56 Å². The van der Waals surface area contributed by atoms with Crippen molar-refractivity contribution in [3.05, 3.63) is 46.2 Å². The van der Waals surface area contributed by atoms with Gasteiger partial charge in [-0.1, -0.05) is 32.0 Å². The van der Waals surface area contributed by atoms with Crippen LogP contribution in [0.4, 0.5) is 0 Å². The first-order valence-corrected chi connectivity index (χ1v) is 6.84. The standard InChI is InChI=1S/C16H19NO3/c1-4-20-16(19)13-9-12-7-5-6-8-14(12)17(15(13)18)10-11(2)3/h5-9,11H,4,10H2,1-3H3. The Morgan fingerprint density at radius 1 is 1.30 bits per heavy atom. The van der Waals surface area contributed by atoms with E-state index in [4.69, 9.17) is 4.74 Å². The lowest BCUT2D eigenvalue weighted by Crippen LogP contribution is -2.29. The molecule has 20 heavy (non-hydrogen) atoms. The van der Waals surface area contributed by atoms with E-state index in [9.17, 15) is 9.59 Å². The topological polar surface area (TPSA) is 48.3 Å². The first kappa shape index (κ1) is 14.3. The van der Waals surface area contributed by atoms with Crippen LogP contribution in [0.3, 0.4) is 0 Å². The normalized spacial score (nSPS) is 11.0. The van der Waals surface area contributed by atoms with Crippen LogP contribution in [0, 0.1) is 5.92 Å². The Balaban J connectivity index is 2.69. The largest absolute Gasteiger partial charge is 0.462 e. The predicted octanol–water partition coefficient (Wildman–Crippen LogP) is 2.83. The van der Waals surface area contributed by atoms with Gasteiger partial charge in [-0.2, -0.15) is 0 Å². The monoisotopic (exact) mass is 273 g/mol. The number of fused-ring (bicyclic) bond motifs is 1. The molecule has 0 saturated carbocycles. The molecule has 1 aromatic heterocycles. The van der Waals surface area contributed by atoms with Crippen LogP contribution in [-0.4, -0.2) is 17.1 Å². The van der Waals surface area contributed by atoms with Gasteiger partial charge >= 0.3 is 5.97 Å². The third-order valence-electron chi connectivity index (χ3n) is 3.05. The van der Waals surface area contributed by atoms with Gasteiger partial charge in [0.05, 0.1) is 12.1 Å². The summed E-state index contributed by atoms with van der Waals surface area (Å²) >= 11 is 0. The van der Waals surface area contributed by atoms with Gasteiger partial charge in [0.1, 0.15) is 5.56 Å². The highest BCUT2D eigenvalue weighted by molar-refractivity contribution is 5.93. The summed E-state index contributed by atoms with van der Waals surface area (Å²) in [5.41, 5.74) is 0.668. The van der Waals surface area contributed by atoms with Gasteiger partial charge in [-0.3, -0.25) is 4.79 Å². The predicted molar refractivity (Wildman–Crippen MR) is 79.0 cm³/mol.